The smallest absolute Gasteiger partial charge is 0.362 e. The molecule has 0 radical (unpaired) electrons. The maximum Gasteiger partial charge on any atom is 0.362 e. The van der Waals surface area contributed by atoms with E-state index in [9.17, 15) is 28.2 Å². The second kappa shape index (κ2) is 11.6. The average Bonchev–Trinajstić information content (AvgIpc) is 3.36. The van der Waals surface area contributed by atoms with Gasteiger partial charge in [0, 0.05) is 0 Å². The summed E-state index contributed by atoms with van der Waals surface area (Å²) in [4.78, 5) is 36.3. The van der Waals surface area contributed by atoms with E-state index in [1.807, 2.05) is 0 Å². The van der Waals surface area contributed by atoms with Gasteiger partial charge in [-0.3, -0.25) is 18.3 Å². The number of aliphatic hydroxyl groups is 2. The SMILES string of the molecule is CSCC[C@H](NC(=O)[C@H](C)N)C(=O)NS(=O)(=O)OC[C@H]1O[C@@H](n2cnc3c(N)ncnc32)[C@H](O)[C@@H]1O. The molecule has 3 heterocycles. The summed E-state index contributed by atoms with van der Waals surface area (Å²) in [6.07, 6.45) is -1.12. The number of carbonyl (C=O) groups excluding carboxylic acids is 2. The molecule has 6 atom stereocenters. The molecule has 200 valence electrons. The number of ether oxygens (including phenoxy) is 1. The van der Waals surface area contributed by atoms with Gasteiger partial charge < -0.3 is 31.7 Å². The molecule has 1 saturated heterocycles. The van der Waals surface area contributed by atoms with Gasteiger partial charge in [0.05, 0.1) is 19.0 Å². The van der Waals surface area contributed by atoms with Crippen LogP contribution in [-0.2, 0) is 28.8 Å². The first-order valence-electron chi connectivity index (χ1n) is 10.7. The van der Waals surface area contributed by atoms with E-state index in [2.05, 4.69) is 20.3 Å². The van der Waals surface area contributed by atoms with Crippen molar-refractivity contribution in [2.75, 3.05) is 24.3 Å². The highest BCUT2D eigenvalue weighted by Gasteiger charge is 2.45. The minimum atomic E-state index is -4.66. The minimum absolute atomic E-state index is 0.0986. The van der Waals surface area contributed by atoms with Gasteiger partial charge in [-0.15, -0.1) is 0 Å². The van der Waals surface area contributed by atoms with Crippen LogP contribution in [0.5, 0.6) is 0 Å². The van der Waals surface area contributed by atoms with Gasteiger partial charge >= 0.3 is 10.3 Å². The Hall–Kier alpha value is -2.61. The maximum absolute atomic E-state index is 12.5. The third-order valence-electron chi connectivity index (χ3n) is 5.27. The molecule has 8 N–H and O–H groups in total. The standard InChI is InChI=1S/C18H28N8O8S2/c1-8(19)16(29)24-9(3-4-35-2)17(30)25-36(31,32)33-5-10-12(27)13(28)18(34-10)26-7-23-11-14(20)21-6-22-15(11)26/h6-10,12-13,18,27-28H,3-5,19H2,1-2H3,(H,24,29)(H,25,30)(H2,20,21,22)/t8-,9-,10+,12+,13+,18+/m0/s1. The predicted octanol–water partition coefficient (Wildman–Crippen LogP) is -3.01. The topological polar surface area (TPSA) is 247 Å². The molecule has 0 unspecified atom stereocenters. The van der Waals surface area contributed by atoms with Crippen molar-refractivity contribution in [3.05, 3.63) is 12.7 Å². The summed E-state index contributed by atoms with van der Waals surface area (Å²) < 4.78 is 38.2. The Morgan fingerprint density at radius 1 is 1.28 bits per heavy atom. The van der Waals surface area contributed by atoms with Crippen LogP contribution in [0.15, 0.2) is 12.7 Å². The van der Waals surface area contributed by atoms with E-state index in [0.29, 0.717) is 5.75 Å². The highest BCUT2D eigenvalue weighted by molar-refractivity contribution is 7.98. The zero-order chi connectivity index (χ0) is 26.6. The number of aromatic nitrogens is 4. The van der Waals surface area contributed by atoms with Crippen molar-refractivity contribution in [1.29, 1.82) is 0 Å². The minimum Gasteiger partial charge on any atom is -0.387 e. The summed E-state index contributed by atoms with van der Waals surface area (Å²) in [6, 6.07) is -2.07. The quantitative estimate of drug-likeness (QED) is 0.164. The monoisotopic (exact) mass is 548 g/mol. The third kappa shape index (κ3) is 6.38. The molecule has 1 aliphatic heterocycles. The Morgan fingerprint density at radius 3 is 2.67 bits per heavy atom. The van der Waals surface area contributed by atoms with E-state index >= 15 is 0 Å². The van der Waals surface area contributed by atoms with Crippen LogP contribution in [0.3, 0.4) is 0 Å². The molecule has 18 heteroatoms. The van der Waals surface area contributed by atoms with Crippen LogP contribution in [0.1, 0.15) is 19.6 Å². The van der Waals surface area contributed by atoms with Crippen molar-refractivity contribution in [2.45, 2.75) is 50.0 Å². The fourth-order valence-corrected chi connectivity index (χ4v) is 4.57. The number of thioether (sulfide) groups is 1. The van der Waals surface area contributed by atoms with Gasteiger partial charge in [-0.2, -0.15) is 20.2 Å². The maximum atomic E-state index is 12.5. The normalized spacial score (nSPS) is 23.9. The number of rotatable bonds is 11. The number of hydrogen-bond donors (Lipinski definition) is 6. The first kappa shape index (κ1) is 28.0. The van der Waals surface area contributed by atoms with Crippen LogP contribution >= 0.6 is 11.8 Å². The number of aliphatic hydroxyl groups excluding tert-OH is 2. The molecule has 1 fully saturated rings. The zero-order valence-electron chi connectivity index (χ0n) is 19.3. The Labute approximate surface area is 210 Å². The van der Waals surface area contributed by atoms with Crippen LogP contribution in [-0.4, -0.2) is 99.0 Å². The lowest BCUT2D eigenvalue weighted by molar-refractivity contribution is -0.128. The molecule has 0 aliphatic carbocycles. The summed E-state index contributed by atoms with van der Waals surface area (Å²) in [5.41, 5.74) is 11.7. The summed E-state index contributed by atoms with van der Waals surface area (Å²) in [5, 5.41) is 23.2. The second-order valence-corrected chi connectivity index (χ2v) is 10.3. The summed E-state index contributed by atoms with van der Waals surface area (Å²) in [6.45, 7) is 0.685. The summed E-state index contributed by atoms with van der Waals surface area (Å²) in [7, 11) is -4.66. The molecule has 1 aliphatic rings. The van der Waals surface area contributed by atoms with E-state index < -0.39 is 65.3 Å². The van der Waals surface area contributed by atoms with Crippen LogP contribution in [0.25, 0.3) is 11.2 Å². The van der Waals surface area contributed by atoms with Crippen LogP contribution in [0.4, 0.5) is 5.82 Å². The van der Waals surface area contributed by atoms with E-state index in [4.69, 9.17) is 20.4 Å². The average molecular weight is 549 g/mol. The summed E-state index contributed by atoms with van der Waals surface area (Å²) in [5.74, 6) is -1.09. The van der Waals surface area contributed by atoms with Crippen molar-refractivity contribution in [2.24, 2.45) is 5.73 Å². The van der Waals surface area contributed by atoms with Crippen molar-refractivity contribution < 1.29 is 37.1 Å². The lowest BCUT2D eigenvalue weighted by Crippen LogP contribution is -2.52. The highest BCUT2D eigenvalue weighted by Crippen LogP contribution is 2.32. The Morgan fingerprint density at radius 2 is 2.00 bits per heavy atom. The number of nitrogen functional groups attached to an aromatic ring is 1. The van der Waals surface area contributed by atoms with E-state index in [1.54, 1.807) is 11.0 Å². The molecular formula is C18H28N8O8S2. The van der Waals surface area contributed by atoms with Gasteiger partial charge in [-0.05, 0) is 25.4 Å². The van der Waals surface area contributed by atoms with Gasteiger partial charge in [-0.1, -0.05) is 0 Å². The molecule has 2 aromatic rings. The Kier molecular flexibility index (Phi) is 9.03. The molecule has 0 spiro atoms. The molecule has 0 aromatic carbocycles. The number of fused-ring (bicyclic) bond motifs is 1. The second-order valence-electron chi connectivity index (χ2n) is 7.97. The number of nitrogens with one attached hydrogen (secondary N) is 2. The molecule has 0 saturated carbocycles. The number of anilines is 1. The van der Waals surface area contributed by atoms with Gasteiger partial charge in [0.15, 0.2) is 17.7 Å². The van der Waals surface area contributed by atoms with Crippen molar-refractivity contribution in [3.8, 4) is 0 Å². The Balaban J connectivity index is 1.64. The van der Waals surface area contributed by atoms with Crippen LogP contribution in [0, 0.1) is 0 Å². The molecule has 3 rings (SSSR count). The zero-order valence-corrected chi connectivity index (χ0v) is 21.0. The Bertz CT molecular complexity index is 1190. The number of carbonyl (C=O) groups is 2. The first-order valence-corrected chi connectivity index (χ1v) is 13.5. The number of amides is 2. The fourth-order valence-electron chi connectivity index (χ4n) is 3.34. The van der Waals surface area contributed by atoms with Crippen LogP contribution in [0.2, 0.25) is 0 Å². The van der Waals surface area contributed by atoms with E-state index in [0.717, 1.165) is 0 Å². The lowest BCUT2D eigenvalue weighted by Gasteiger charge is -2.20. The molecule has 2 amide bonds. The number of nitrogens with zero attached hydrogens (tertiary/aromatic N) is 4. The van der Waals surface area contributed by atoms with E-state index in [-0.39, 0.29) is 23.4 Å². The predicted molar refractivity (Wildman–Crippen MR) is 127 cm³/mol. The summed E-state index contributed by atoms with van der Waals surface area (Å²) >= 11 is 1.40. The number of nitrogens with two attached hydrogens (primary N) is 2. The van der Waals surface area contributed by atoms with Crippen molar-refractivity contribution >= 4 is 50.9 Å². The molecule has 2 aromatic heterocycles. The first-order chi connectivity index (χ1) is 16.9. The van der Waals surface area contributed by atoms with Gasteiger partial charge in [0.2, 0.25) is 5.91 Å². The number of imidazole rings is 1. The lowest BCUT2D eigenvalue weighted by atomic mass is 10.1. The molecular weight excluding hydrogens is 520 g/mol. The highest BCUT2D eigenvalue weighted by atomic mass is 32.2. The van der Waals surface area contributed by atoms with Crippen molar-refractivity contribution in [1.82, 2.24) is 29.6 Å². The van der Waals surface area contributed by atoms with Gasteiger partial charge in [-0.25, -0.2) is 19.7 Å². The number of hydrogen-bond acceptors (Lipinski definition) is 14. The van der Waals surface area contributed by atoms with Gasteiger partial charge in [0.1, 0.15) is 36.2 Å². The van der Waals surface area contributed by atoms with Crippen LogP contribution < -0.4 is 21.5 Å². The molecule has 16 nitrogen and oxygen atoms in total. The van der Waals surface area contributed by atoms with Crippen molar-refractivity contribution in [3.63, 3.8) is 0 Å². The van der Waals surface area contributed by atoms with E-state index in [1.165, 1.54) is 35.9 Å². The fraction of sp³-hybridized carbons (Fsp3) is 0.611. The molecule has 36 heavy (non-hydrogen) atoms. The largest absolute Gasteiger partial charge is 0.387 e. The van der Waals surface area contributed by atoms with Gasteiger partial charge in [0.25, 0.3) is 5.91 Å². The third-order valence-corrected chi connectivity index (χ3v) is 6.81. The molecule has 0 bridgehead atoms.